The molecule has 0 aliphatic carbocycles. The molecule has 23 heavy (non-hydrogen) atoms. The van der Waals surface area contributed by atoms with Crippen LogP contribution in [-0.2, 0) is 0 Å². The molecule has 1 aromatic heterocycles. The van der Waals surface area contributed by atoms with Gasteiger partial charge in [-0.2, -0.15) is 0 Å². The summed E-state index contributed by atoms with van der Waals surface area (Å²) in [5.41, 5.74) is 3.13. The lowest BCUT2D eigenvalue weighted by Gasteiger charge is -2.21. The van der Waals surface area contributed by atoms with Crippen LogP contribution in [0, 0.1) is 0 Å². The minimum absolute atomic E-state index is 0.0572. The Labute approximate surface area is 139 Å². The minimum atomic E-state index is -0.573. The fraction of sp³-hybridized carbons (Fsp3) is 0.158. The molecule has 4 heteroatoms. The number of thioether (sulfide) groups is 1. The Morgan fingerprint density at radius 2 is 1.78 bits per heavy atom. The second-order valence-electron chi connectivity index (χ2n) is 5.53. The van der Waals surface area contributed by atoms with Gasteiger partial charge in [0.2, 0.25) is 0 Å². The van der Waals surface area contributed by atoms with E-state index in [4.69, 9.17) is 4.74 Å². The molecule has 2 atom stereocenters. The van der Waals surface area contributed by atoms with E-state index in [-0.39, 0.29) is 5.25 Å². The van der Waals surface area contributed by atoms with Crippen molar-refractivity contribution in [3.63, 3.8) is 0 Å². The molecule has 3 aromatic rings. The summed E-state index contributed by atoms with van der Waals surface area (Å²) in [5, 5.41) is 10.9. The first kappa shape index (κ1) is 14.4. The van der Waals surface area contributed by atoms with Crippen LogP contribution in [0.25, 0.3) is 5.69 Å². The Morgan fingerprint density at radius 1 is 1.00 bits per heavy atom. The van der Waals surface area contributed by atoms with Crippen LogP contribution in [-0.4, -0.2) is 16.8 Å². The maximum absolute atomic E-state index is 11.0. The number of aromatic nitrogens is 1. The maximum Gasteiger partial charge on any atom is 0.118 e. The fourth-order valence-electron chi connectivity index (χ4n) is 3.01. The molecule has 2 unspecified atom stereocenters. The van der Waals surface area contributed by atoms with Gasteiger partial charge in [0.1, 0.15) is 11.9 Å². The van der Waals surface area contributed by atoms with Crippen molar-refractivity contribution in [2.24, 2.45) is 0 Å². The topological polar surface area (TPSA) is 34.4 Å². The number of rotatable bonds is 2. The zero-order chi connectivity index (χ0) is 15.8. The highest BCUT2D eigenvalue weighted by Gasteiger charge is 2.30. The van der Waals surface area contributed by atoms with Gasteiger partial charge in [-0.25, -0.2) is 0 Å². The summed E-state index contributed by atoms with van der Waals surface area (Å²) in [4.78, 5) is 1.17. The van der Waals surface area contributed by atoms with Crippen LogP contribution in [0.15, 0.2) is 71.8 Å². The fourth-order valence-corrected chi connectivity index (χ4v) is 4.29. The first-order valence-corrected chi connectivity index (χ1v) is 8.41. The van der Waals surface area contributed by atoms with E-state index >= 15 is 0 Å². The summed E-state index contributed by atoms with van der Waals surface area (Å²) >= 11 is 1.70. The lowest BCUT2D eigenvalue weighted by atomic mass is 10.0. The summed E-state index contributed by atoms with van der Waals surface area (Å²) in [5.74, 6) is 0.825. The second-order valence-corrected chi connectivity index (χ2v) is 6.71. The molecule has 0 bridgehead atoms. The zero-order valence-electron chi connectivity index (χ0n) is 12.7. The molecule has 116 valence electrons. The van der Waals surface area contributed by atoms with Crippen LogP contribution in [0.5, 0.6) is 5.75 Å². The van der Waals surface area contributed by atoms with Crippen LogP contribution in [0.2, 0.25) is 0 Å². The largest absolute Gasteiger partial charge is 0.497 e. The number of aliphatic hydroxyl groups excluding tert-OH is 1. The Balaban J connectivity index is 1.83. The summed E-state index contributed by atoms with van der Waals surface area (Å²) in [6.45, 7) is 0. The van der Waals surface area contributed by atoms with Gasteiger partial charge in [0.25, 0.3) is 0 Å². The van der Waals surface area contributed by atoms with Gasteiger partial charge in [-0.1, -0.05) is 24.3 Å². The quantitative estimate of drug-likeness (QED) is 0.760. The number of para-hydroxylation sites is 1. The van der Waals surface area contributed by atoms with Crippen molar-refractivity contribution in [2.45, 2.75) is 16.2 Å². The first-order chi connectivity index (χ1) is 11.3. The standard InChI is InChI=1S/C19H17NO2S/c1-22-14-10-8-13(9-11-14)19-18(21)16-6-4-12-20(16)15-5-2-3-7-17(15)23-19/h2-12,18-19,21H,1H3. The Bertz CT molecular complexity index is 825. The van der Waals surface area contributed by atoms with Crippen molar-refractivity contribution in [2.75, 3.05) is 7.11 Å². The SMILES string of the molecule is COc1ccc(C2Sc3ccccc3-n3cccc3C2O)cc1. The third kappa shape index (κ3) is 2.44. The zero-order valence-corrected chi connectivity index (χ0v) is 13.5. The average molecular weight is 323 g/mol. The van der Waals surface area contributed by atoms with E-state index in [1.807, 2.05) is 54.7 Å². The number of ether oxygens (including phenoxy) is 1. The molecule has 0 saturated carbocycles. The number of hydrogen-bond acceptors (Lipinski definition) is 3. The van der Waals surface area contributed by atoms with Gasteiger partial charge in [0.05, 0.1) is 23.7 Å². The highest BCUT2D eigenvalue weighted by atomic mass is 32.2. The number of methoxy groups -OCH3 is 1. The predicted molar refractivity (Wildman–Crippen MR) is 92.3 cm³/mol. The second kappa shape index (κ2) is 5.80. The van der Waals surface area contributed by atoms with Crippen molar-refractivity contribution < 1.29 is 9.84 Å². The van der Waals surface area contributed by atoms with Crippen LogP contribution in [0.1, 0.15) is 22.6 Å². The molecule has 0 amide bonds. The molecule has 4 rings (SSSR count). The third-order valence-electron chi connectivity index (χ3n) is 4.19. The van der Waals surface area contributed by atoms with E-state index in [0.717, 1.165) is 22.7 Å². The summed E-state index contributed by atoms with van der Waals surface area (Å²) in [6.07, 6.45) is 1.43. The molecule has 0 saturated heterocycles. The van der Waals surface area contributed by atoms with Crippen molar-refractivity contribution in [3.8, 4) is 11.4 Å². The molecule has 1 aliphatic rings. The smallest absolute Gasteiger partial charge is 0.118 e. The molecule has 0 radical (unpaired) electrons. The number of nitrogens with zero attached hydrogens (tertiary/aromatic N) is 1. The summed E-state index contributed by atoms with van der Waals surface area (Å²) < 4.78 is 7.31. The van der Waals surface area contributed by atoms with Crippen molar-refractivity contribution in [1.82, 2.24) is 4.57 Å². The number of fused-ring (bicyclic) bond motifs is 3. The van der Waals surface area contributed by atoms with Crippen molar-refractivity contribution >= 4 is 11.8 Å². The van der Waals surface area contributed by atoms with E-state index in [0.29, 0.717) is 0 Å². The third-order valence-corrected chi connectivity index (χ3v) is 5.58. The highest BCUT2D eigenvalue weighted by Crippen LogP contribution is 2.49. The van der Waals surface area contributed by atoms with E-state index in [2.05, 4.69) is 16.7 Å². The van der Waals surface area contributed by atoms with Crippen LogP contribution in [0.3, 0.4) is 0 Å². The molecule has 0 fully saturated rings. The first-order valence-electron chi connectivity index (χ1n) is 7.53. The summed E-state index contributed by atoms with van der Waals surface area (Å²) in [7, 11) is 1.66. The molecule has 2 heterocycles. The number of benzene rings is 2. The minimum Gasteiger partial charge on any atom is -0.497 e. The van der Waals surface area contributed by atoms with Crippen molar-refractivity contribution in [1.29, 1.82) is 0 Å². The van der Waals surface area contributed by atoms with Crippen LogP contribution < -0.4 is 4.74 Å². The van der Waals surface area contributed by atoms with Gasteiger partial charge in [0.15, 0.2) is 0 Å². The summed E-state index contributed by atoms with van der Waals surface area (Å²) in [6, 6.07) is 20.2. The van der Waals surface area contributed by atoms with Gasteiger partial charge in [0, 0.05) is 11.1 Å². The van der Waals surface area contributed by atoms with Crippen molar-refractivity contribution in [3.05, 3.63) is 78.1 Å². The average Bonchev–Trinajstić information content (AvgIpc) is 3.05. The monoisotopic (exact) mass is 323 g/mol. The predicted octanol–water partition coefficient (Wildman–Crippen LogP) is 4.37. The molecule has 2 aromatic carbocycles. The van der Waals surface area contributed by atoms with Crippen LogP contribution >= 0.6 is 11.8 Å². The molecule has 1 N–H and O–H groups in total. The highest BCUT2D eigenvalue weighted by molar-refractivity contribution is 7.99. The van der Waals surface area contributed by atoms with E-state index in [9.17, 15) is 5.11 Å². The number of aliphatic hydroxyl groups is 1. The Hall–Kier alpha value is -2.17. The molecule has 1 aliphatic heterocycles. The lowest BCUT2D eigenvalue weighted by molar-refractivity contribution is 0.169. The van der Waals surface area contributed by atoms with Gasteiger partial charge in [-0.05, 0) is 42.0 Å². The number of hydrogen-bond donors (Lipinski definition) is 1. The van der Waals surface area contributed by atoms with Gasteiger partial charge in [-0.3, -0.25) is 0 Å². The van der Waals surface area contributed by atoms with Gasteiger partial charge < -0.3 is 14.4 Å². The maximum atomic E-state index is 11.0. The van der Waals surface area contributed by atoms with E-state index < -0.39 is 6.10 Å². The molecular weight excluding hydrogens is 306 g/mol. The van der Waals surface area contributed by atoms with Gasteiger partial charge >= 0.3 is 0 Å². The van der Waals surface area contributed by atoms with E-state index in [1.165, 1.54) is 4.90 Å². The Morgan fingerprint density at radius 3 is 2.57 bits per heavy atom. The van der Waals surface area contributed by atoms with Crippen LogP contribution in [0.4, 0.5) is 0 Å². The van der Waals surface area contributed by atoms with Gasteiger partial charge in [-0.15, -0.1) is 11.8 Å². The van der Waals surface area contributed by atoms with E-state index in [1.54, 1.807) is 18.9 Å². The molecular formula is C19H17NO2S. The molecule has 3 nitrogen and oxygen atoms in total. The Kier molecular flexibility index (Phi) is 3.63. The normalized spacial score (nSPS) is 19.6. The molecule has 0 spiro atoms. The lowest BCUT2D eigenvalue weighted by Crippen LogP contribution is -2.09.